The quantitative estimate of drug-likeness (QED) is 0.511. The molecule has 1 amide bonds. The number of amides is 1. The summed E-state index contributed by atoms with van der Waals surface area (Å²) in [7, 11) is 0. The molecule has 29 heavy (non-hydrogen) atoms. The van der Waals surface area contributed by atoms with E-state index in [2.05, 4.69) is 16.2 Å². The van der Waals surface area contributed by atoms with Crippen LogP contribution in [-0.4, -0.2) is 22.6 Å². The Morgan fingerprint density at radius 3 is 2.62 bits per heavy atom. The summed E-state index contributed by atoms with van der Waals surface area (Å²) >= 11 is 0. The van der Waals surface area contributed by atoms with Crippen molar-refractivity contribution in [1.29, 1.82) is 0 Å². The van der Waals surface area contributed by atoms with Gasteiger partial charge < -0.3 is 9.42 Å². The lowest BCUT2D eigenvalue weighted by atomic mass is 10.1. The van der Waals surface area contributed by atoms with Crippen LogP contribution in [0.25, 0.3) is 22.8 Å². The molecule has 0 fully saturated rings. The van der Waals surface area contributed by atoms with Gasteiger partial charge in [-0.3, -0.25) is 4.79 Å². The highest BCUT2D eigenvalue weighted by Crippen LogP contribution is 2.29. The fraction of sp³-hybridized carbons (Fsp3) is 0.0870. The van der Waals surface area contributed by atoms with E-state index in [1.165, 1.54) is 17.7 Å². The Bertz CT molecular complexity index is 1200. The summed E-state index contributed by atoms with van der Waals surface area (Å²) in [5.41, 5.74) is 3.99. The van der Waals surface area contributed by atoms with E-state index in [-0.39, 0.29) is 11.7 Å². The average molecular weight is 385 g/mol. The number of nitrogens with zero attached hydrogens (tertiary/aromatic N) is 3. The Kier molecular flexibility index (Phi) is 4.17. The van der Waals surface area contributed by atoms with Gasteiger partial charge >= 0.3 is 0 Å². The molecule has 2 heterocycles. The van der Waals surface area contributed by atoms with E-state index in [9.17, 15) is 9.18 Å². The van der Waals surface area contributed by atoms with Crippen LogP contribution >= 0.6 is 0 Å². The van der Waals surface area contributed by atoms with Crippen molar-refractivity contribution in [3.63, 3.8) is 0 Å². The van der Waals surface area contributed by atoms with Crippen LogP contribution in [0.3, 0.4) is 0 Å². The molecule has 0 bridgehead atoms. The van der Waals surface area contributed by atoms with Gasteiger partial charge in [0.15, 0.2) is 0 Å². The first-order valence-corrected chi connectivity index (χ1v) is 9.29. The number of para-hydroxylation sites is 1. The monoisotopic (exact) mass is 385 g/mol. The summed E-state index contributed by atoms with van der Waals surface area (Å²) in [4.78, 5) is 19.1. The summed E-state index contributed by atoms with van der Waals surface area (Å²) in [6.45, 7) is 0.681. The highest BCUT2D eigenvalue weighted by atomic mass is 19.1. The van der Waals surface area contributed by atoms with Gasteiger partial charge in [-0.1, -0.05) is 35.5 Å². The second-order valence-electron chi connectivity index (χ2n) is 6.85. The highest BCUT2D eigenvalue weighted by molar-refractivity contribution is 6.07. The van der Waals surface area contributed by atoms with E-state index in [1.807, 2.05) is 18.2 Å². The number of rotatable bonds is 3. The van der Waals surface area contributed by atoms with Gasteiger partial charge in [0.2, 0.25) is 5.82 Å². The predicted molar refractivity (Wildman–Crippen MR) is 107 cm³/mol. The maximum absolute atomic E-state index is 13.4. The first kappa shape index (κ1) is 17.3. The molecule has 0 atom stereocenters. The molecular formula is C23H16FN3O2. The Labute approximate surface area is 166 Å². The standard InChI is InChI=1S/C23H16FN3O2/c24-19-6-3-5-18(14-19)21-25-22(29-26-21)16-8-10-17(11-9-16)23(28)27-13-12-15-4-1-2-7-20(15)27/h1-11,14H,12-13H2. The van der Waals surface area contributed by atoms with Crippen LogP contribution in [-0.2, 0) is 6.42 Å². The van der Waals surface area contributed by atoms with Crippen molar-refractivity contribution >= 4 is 11.6 Å². The first-order valence-electron chi connectivity index (χ1n) is 9.29. The largest absolute Gasteiger partial charge is 0.334 e. The van der Waals surface area contributed by atoms with E-state index in [1.54, 1.807) is 41.3 Å². The zero-order chi connectivity index (χ0) is 19.8. The van der Waals surface area contributed by atoms with Gasteiger partial charge in [0.1, 0.15) is 5.82 Å². The summed E-state index contributed by atoms with van der Waals surface area (Å²) < 4.78 is 18.7. The van der Waals surface area contributed by atoms with Crippen molar-refractivity contribution in [2.24, 2.45) is 0 Å². The lowest BCUT2D eigenvalue weighted by Crippen LogP contribution is -2.28. The van der Waals surface area contributed by atoms with Gasteiger partial charge in [-0.2, -0.15) is 4.98 Å². The Hall–Kier alpha value is -3.80. The molecule has 4 aromatic rings. The Balaban J connectivity index is 1.38. The van der Waals surface area contributed by atoms with Gasteiger partial charge in [0, 0.05) is 28.9 Å². The van der Waals surface area contributed by atoms with Crippen LogP contribution < -0.4 is 4.90 Å². The molecule has 1 aliphatic heterocycles. The lowest BCUT2D eigenvalue weighted by molar-refractivity contribution is 0.0989. The summed E-state index contributed by atoms with van der Waals surface area (Å²) in [5.74, 6) is 0.232. The van der Waals surface area contributed by atoms with Gasteiger partial charge in [0.05, 0.1) is 0 Å². The molecule has 0 aliphatic carbocycles. The smallest absolute Gasteiger partial charge is 0.258 e. The second-order valence-corrected chi connectivity index (χ2v) is 6.85. The molecule has 0 saturated heterocycles. The fourth-order valence-electron chi connectivity index (χ4n) is 3.55. The van der Waals surface area contributed by atoms with Crippen LogP contribution in [0.1, 0.15) is 15.9 Å². The SMILES string of the molecule is O=C(c1ccc(-c2nc(-c3cccc(F)c3)no2)cc1)N1CCc2ccccc21. The average Bonchev–Trinajstić information content (AvgIpc) is 3.41. The molecule has 5 rings (SSSR count). The molecule has 3 aromatic carbocycles. The number of halogens is 1. The number of benzene rings is 3. The van der Waals surface area contributed by atoms with Crippen molar-refractivity contribution in [1.82, 2.24) is 10.1 Å². The lowest BCUT2D eigenvalue weighted by Gasteiger charge is -2.17. The third kappa shape index (κ3) is 3.18. The molecule has 1 aliphatic rings. The molecule has 0 spiro atoms. The normalized spacial score (nSPS) is 12.8. The van der Waals surface area contributed by atoms with E-state index in [4.69, 9.17) is 4.52 Å². The summed E-state index contributed by atoms with van der Waals surface area (Å²) in [6.07, 6.45) is 0.866. The third-order valence-corrected chi connectivity index (χ3v) is 5.02. The Morgan fingerprint density at radius 1 is 0.966 bits per heavy atom. The highest BCUT2D eigenvalue weighted by Gasteiger charge is 2.25. The van der Waals surface area contributed by atoms with Gasteiger partial charge in [-0.05, 0) is 54.4 Å². The number of hydrogen-bond acceptors (Lipinski definition) is 4. The third-order valence-electron chi connectivity index (χ3n) is 5.02. The molecule has 0 N–H and O–H groups in total. The molecule has 142 valence electrons. The number of fused-ring (bicyclic) bond motifs is 1. The number of aromatic nitrogens is 2. The van der Waals surface area contributed by atoms with Crippen molar-refractivity contribution in [2.75, 3.05) is 11.4 Å². The molecule has 0 unspecified atom stereocenters. The second kappa shape index (κ2) is 6.98. The first-order chi connectivity index (χ1) is 14.2. The molecule has 0 radical (unpaired) electrons. The van der Waals surface area contributed by atoms with Crippen LogP contribution in [0.2, 0.25) is 0 Å². The van der Waals surface area contributed by atoms with E-state index in [0.717, 1.165) is 12.1 Å². The zero-order valence-electron chi connectivity index (χ0n) is 15.4. The molecular weight excluding hydrogens is 369 g/mol. The van der Waals surface area contributed by atoms with Gasteiger partial charge in [-0.15, -0.1) is 0 Å². The summed E-state index contributed by atoms with van der Waals surface area (Å²) in [6, 6.07) is 21.0. The van der Waals surface area contributed by atoms with Crippen LogP contribution in [0.15, 0.2) is 77.3 Å². The summed E-state index contributed by atoms with van der Waals surface area (Å²) in [5, 5.41) is 3.92. The molecule has 6 heteroatoms. The molecule has 5 nitrogen and oxygen atoms in total. The molecule has 1 aromatic heterocycles. The number of anilines is 1. The van der Waals surface area contributed by atoms with Crippen LogP contribution in [0, 0.1) is 5.82 Å². The minimum Gasteiger partial charge on any atom is -0.334 e. The molecule has 0 saturated carbocycles. The van der Waals surface area contributed by atoms with E-state index in [0.29, 0.717) is 35.0 Å². The fourth-order valence-corrected chi connectivity index (χ4v) is 3.55. The van der Waals surface area contributed by atoms with Crippen LogP contribution in [0.5, 0.6) is 0 Å². The van der Waals surface area contributed by atoms with Crippen LogP contribution in [0.4, 0.5) is 10.1 Å². The Morgan fingerprint density at radius 2 is 1.79 bits per heavy atom. The van der Waals surface area contributed by atoms with E-state index < -0.39 is 0 Å². The maximum atomic E-state index is 13.4. The van der Waals surface area contributed by atoms with Crippen molar-refractivity contribution in [3.05, 3.63) is 89.7 Å². The zero-order valence-corrected chi connectivity index (χ0v) is 15.4. The minimum atomic E-state index is -0.361. The number of carbonyl (C=O) groups is 1. The van der Waals surface area contributed by atoms with Gasteiger partial charge in [-0.25, -0.2) is 4.39 Å². The topological polar surface area (TPSA) is 59.2 Å². The van der Waals surface area contributed by atoms with Crippen molar-refractivity contribution in [3.8, 4) is 22.8 Å². The maximum Gasteiger partial charge on any atom is 0.258 e. The van der Waals surface area contributed by atoms with E-state index >= 15 is 0 Å². The minimum absolute atomic E-state index is 0.0347. The van der Waals surface area contributed by atoms with Crippen molar-refractivity contribution in [2.45, 2.75) is 6.42 Å². The van der Waals surface area contributed by atoms with Gasteiger partial charge in [0.25, 0.3) is 11.8 Å². The predicted octanol–water partition coefficient (Wildman–Crippen LogP) is 4.75. The number of carbonyl (C=O) groups excluding carboxylic acids is 1. The number of hydrogen-bond donors (Lipinski definition) is 0. The van der Waals surface area contributed by atoms with Crippen molar-refractivity contribution < 1.29 is 13.7 Å².